The molecule has 3 heteroatoms. The standard InChI is InChI=1S/C5H9N3/c1-2-7-4-6-5-8(7)3-1/h4H,1-3,5H2/p+1. The molecule has 2 aliphatic heterocycles. The van der Waals surface area contributed by atoms with Gasteiger partial charge in [0.25, 0.3) is 6.34 Å². The molecule has 0 aromatic carbocycles. The Morgan fingerprint density at radius 3 is 3.50 bits per heavy atom. The van der Waals surface area contributed by atoms with Crippen LogP contribution in [-0.4, -0.2) is 35.8 Å². The summed E-state index contributed by atoms with van der Waals surface area (Å²) in [7, 11) is 0. The number of rotatable bonds is 0. The molecule has 0 amide bonds. The van der Waals surface area contributed by atoms with Crippen molar-refractivity contribution in [1.29, 1.82) is 0 Å². The third-order valence-corrected chi connectivity index (χ3v) is 1.68. The molecule has 2 aliphatic rings. The Bertz CT molecular complexity index is 130. The summed E-state index contributed by atoms with van der Waals surface area (Å²) in [6, 6.07) is 0. The van der Waals surface area contributed by atoms with Crippen LogP contribution >= 0.6 is 0 Å². The second-order valence-corrected chi connectivity index (χ2v) is 2.24. The maximum atomic E-state index is 3.15. The van der Waals surface area contributed by atoms with Gasteiger partial charge in [0.2, 0.25) is 0 Å². The van der Waals surface area contributed by atoms with Crippen molar-refractivity contribution in [2.45, 2.75) is 6.42 Å². The molecule has 2 heterocycles. The summed E-state index contributed by atoms with van der Waals surface area (Å²) in [5.74, 6) is 0. The van der Waals surface area contributed by atoms with Gasteiger partial charge in [-0.15, -0.1) is 0 Å². The lowest BCUT2D eigenvalue weighted by Crippen LogP contribution is -2.25. The van der Waals surface area contributed by atoms with Crippen LogP contribution in [0.1, 0.15) is 6.42 Å². The molecule has 3 nitrogen and oxygen atoms in total. The molecular formula is C5H10N3+. The molecular weight excluding hydrogens is 102 g/mol. The summed E-state index contributed by atoms with van der Waals surface area (Å²) < 4.78 is 2.24. The molecule has 0 aromatic rings. The number of hydrogen-bond donors (Lipinski definition) is 1. The maximum Gasteiger partial charge on any atom is 0.257 e. The molecule has 0 aromatic heterocycles. The zero-order valence-electron chi connectivity index (χ0n) is 4.80. The van der Waals surface area contributed by atoms with Gasteiger partial charge in [-0.05, 0) is 0 Å². The summed E-state index contributed by atoms with van der Waals surface area (Å²) in [5, 5.41) is 5.46. The average Bonchev–Trinajstić information content (AvgIpc) is 2.15. The smallest absolute Gasteiger partial charge is 0.257 e. The van der Waals surface area contributed by atoms with E-state index >= 15 is 0 Å². The summed E-state index contributed by atoms with van der Waals surface area (Å²) in [6.45, 7) is 3.44. The predicted molar refractivity (Wildman–Crippen MR) is 30.5 cm³/mol. The molecule has 0 bridgehead atoms. The molecule has 0 unspecified atom stereocenters. The summed E-state index contributed by atoms with van der Waals surface area (Å²) in [6.07, 6.45) is 3.37. The SMILES string of the molecule is C1=[N+]2CCCN2CN1. The van der Waals surface area contributed by atoms with E-state index in [2.05, 4.69) is 15.0 Å². The number of fused-ring (bicyclic) bond motifs is 1. The third kappa shape index (κ3) is 0.412. The normalized spacial score (nSPS) is 25.0. The first-order valence-corrected chi connectivity index (χ1v) is 3.05. The van der Waals surface area contributed by atoms with Crippen molar-refractivity contribution in [3.05, 3.63) is 0 Å². The monoisotopic (exact) mass is 112 g/mol. The highest BCUT2D eigenvalue weighted by Gasteiger charge is 2.24. The van der Waals surface area contributed by atoms with Gasteiger partial charge in [-0.2, -0.15) is 4.68 Å². The Labute approximate surface area is 48.6 Å². The molecule has 0 radical (unpaired) electrons. The summed E-state index contributed by atoms with van der Waals surface area (Å²) in [5.41, 5.74) is 0. The Hall–Kier alpha value is -0.730. The minimum Gasteiger partial charge on any atom is -0.258 e. The van der Waals surface area contributed by atoms with Gasteiger partial charge in [0.1, 0.15) is 6.54 Å². The number of hydrogen-bond acceptors (Lipinski definition) is 2. The number of hydrazone groups is 1. The number of nitrogens with zero attached hydrogens (tertiary/aromatic N) is 2. The molecule has 44 valence electrons. The van der Waals surface area contributed by atoms with E-state index in [1.165, 1.54) is 19.5 Å². The second-order valence-electron chi connectivity index (χ2n) is 2.24. The van der Waals surface area contributed by atoms with Gasteiger partial charge in [0.15, 0.2) is 6.67 Å². The summed E-state index contributed by atoms with van der Waals surface area (Å²) in [4.78, 5) is 0. The van der Waals surface area contributed by atoms with Crippen LogP contribution in [0.5, 0.6) is 0 Å². The van der Waals surface area contributed by atoms with Crippen molar-refractivity contribution < 1.29 is 4.68 Å². The molecule has 1 fully saturated rings. The second kappa shape index (κ2) is 1.37. The zero-order valence-corrected chi connectivity index (χ0v) is 4.80. The fourth-order valence-electron chi connectivity index (χ4n) is 1.25. The quantitative estimate of drug-likeness (QED) is 0.414. The maximum absolute atomic E-state index is 3.15. The fraction of sp³-hybridized carbons (Fsp3) is 0.800. The first-order valence-electron chi connectivity index (χ1n) is 3.05. The summed E-state index contributed by atoms with van der Waals surface area (Å²) >= 11 is 0. The van der Waals surface area contributed by atoms with Crippen molar-refractivity contribution in [2.75, 3.05) is 19.8 Å². The fourth-order valence-corrected chi connectivity index (χ4v) is 1.25. The number of hydrazine groups is 1. The van der Waals surface area contributed by atoms with Gasteiger partial charge < -0.3 is 0 Å². The highest BCUT2D eigenvalue weighted by molar-refractivity contribution is 5.48. The molecule has 0 aliphatic carbocycles. The van der Waals surface area contributed by atoms with E-state index in [4.69, 9.17) is 0 Å². The first kappa shape index (κ1) is 4.18. The van der Waals surface area contributed by atoms with Gasteiger partial charge in [-0.3, -0.25) is 5.32 Å². The van der Waals surface area contributed by atoms with E-state index in [0.717, 1.165) is 6.67 Å². The molecule has 8 heavy (non-hydrogen) atoms. The van der Waals surface area contributed by atoms with Crippen LogP contribution in [0.4, 0.5) is 0 Å². The van der Waals surface area contributed by atoms with Crippen molar-refractivity contribution in [3.8, 4) is 0 Å². The van der Waals surface area contributed by atoms with Crippen molar-refractivity contribution >= 4 is 6.34 Å². The van der Waals surface area contributed by atoms with E-state index < -0.39 is 0 Å². The van der Waals surface area contributed by atoms with Gasteiger partial charge >= 0.3 is 0 Å². The Kier molecular flexibility index (Phi) is 0.716. The molecule has 0 spiro atoms. The molecule has 1 N–H and O–H groups in total. The van der Waals surface area contributed by atoms with Crippen molar-refractivity contribution in [2.24, 2.45) is 0 Å². The van der Waals surface area contributed by atoms with Gasteiger partial charge in [-0.25, -0.2) is 5.01 Å². The predicted octanol–water partition coefficient (Wildman–Crippen LogP) is -0.791. The van der Waals surface area contributed by atoms with Crippen LogP contribution < -0.4 is 5.32 Å². The van der Waals surface area contributed by atoms with Crippen LogP contribution in [0.15, 0.2) is 0 Å². The largest absolute Gasteiger partial charge is 0.258 e. The lowest BCUT2D eigenvalue weighted by atomic mass is 10.5. The molecule has 2 rings (SSSR count). The van der Waals surface area contributed by atoms with Gasteiger partial charge in [-0.1, -0.05) is 0 Å². The van der Waals surface area contributed by atoms with Gasteiger partial charge in [0.05, 0.1) is 6.54 Å². The zero-order chi connectivity index (χ0) is 5.40. The third-order valence-electron chi connectivity index (χ3n) is 1.68. The minimum atomic E-state index is 1.01. The van der Waals surface area contributed by atoms with E-state index in [-0.39, 0.29) is 0 Å². The van der Waals surface area contributed by atoms with Crippen LogP contribution in [-0.2, 0) is 0 Å². The topological polar surface area (TPSA) is 18.3 Å². The Morgan fingerprint density at radius 2 is 2.62 bits per heavy atom. The van der Waals surface area contributed by atoms with E-state index in [9.17, 15) is 0 Å². The van der Waals surface area contributed by atoms with Gasteiger partial charge in [0, 0.05) is 6.42 Å². The van der Waals surface area contributed by atoms with E-state index in [0.29, 0.717) is 0 Å². The molecule has 1 saturated heterocycles. The van der Waals surface area contributed by atoms with Crippen LogP contribution in [0, 0.1) is 0 Å². The van der Waals surface area contributed by atoms with Crippen LogP contribution in [0.25, 0.3) is 0 Å². The van der Waals surface area contributed by atoms with E-state index in [1.54, 1.807) is 0 Å². The van der Waals surface area contributed by atoms with Crippen LogP contribution in [0.3, 0.4) is 0 Å². The molecule has 0 saturated carbocycles. The highest BCUT2D eigenvalue weighted by Crippen LogP contribution is 2.03. The highest BCUT2D eigenvalue weighted by atomic mass is 15.6. The average molecular weight is 112 g/mol. The van der Waals surface area contributed by atoms with E-state index in [1.807, 2.05) is 6.34 Å². The van der Waals surface area contributed by atoms with Crippen molar-refractivity contribution in [1.82, 2.24) is 10.3 Å². The molecule has 0 atom stereocenters. The first-order chi connectivity index (χ1) is 3.97. The Morgan fingerprint density at radius 1 is 1.62 bits per heavy atom. The Balaban J connectivity index is 2.20. The van der Waals surface area contributed by atoms with Crippen LogP contribution in [0.2, 0.25) is 0 Å². The number of nitrogens with one attached hydrogen (secondary N) is 1. The lowest BCUT2D eigenvalue weighted by Gasteiger charge is -2.03. The lowest BCUT2D eigenvalue weighted by molar-refractivity contribution is -0.653. The van der Waals surface area contributed by atoms with Crippen molar-refractivity contribution in [3.63, 3.8) is 0 Å². The minimum absolute atomic E-state index is 1.01.